The average Bonchev–Trinajstić information content (AvgIpc) is 2.47. The van der Waals surface area contributed by atoms with Crippen molar-refractivity contribution in [3.8, 4) is 0 Å². The summed E-state index contributed by atoms with van der Waals surface area (Å²) in [5, 5.41) is 6.25. The van der Waals surface area contributed by atoms with Crippen LogP contribution >= 0.6 is 11.6 Å². The van der Waals surface area contributed by atoms with Gasteiger partial charge in [-0.05, 0) is 18.2 Å². The van der Waals surface area contributed by atoms with Crippen LogP contribution in [0.25, 0.3) is 0 Å². The van der Waals surface area contributed by atoms with Crippen LogP contribution in [0.15, 0.2) is 18.2 Å². The number of amides is 2. The summed E-state index contributed by atoms with van der Waals surface area (Å²) in [6, 6.07) is 4.78. The Bertz CT molecular complexity index is 542. The summed E-state index contributed by atoms with van der Waals surface area (Å²) in [5.41, 5.74) is 0.780. The average molecular weight is 312 g/mol. The lowest BCUT2D eigenvalue weighted by Crippen LogP contribution is -2.45. The number of hydrogen-bond donors (Lipinski definition) is 2. The number of morpholine rings is 1. The Morgan fingerprint density at radius 3 is 2.81 bits per heavy atom. The van der Waals surface area contributed by atoms with Crippen LogP contribution in [-0.2, 0) is 9.53 Å². The van der Waals surface area contributed by atoms with E-state index in [-0.39, 0.29) is 11.8 Å². The van der Waals surface area contributed by atoms with Crippen LogP contribution in [0.1, 0.15) is 10.4 Å². The molecule has 0 radical (unpaired) electrons. The Hall–Kier alpha value is -1.63. The van der Waals surface area contributed by atoms with Gasteiger partial charge in [0.05, 0.1) is 17.9 Å². The van der Waals surface area contributed by atoms with Gasteiger partial charge in [-0.15, -0.1) is 0 Å². The molecule has 0 saturated carbocycles. The maximum absolute atomic E-state index is 12.2. The summed E-state index contributed by atoms with van der Waals surface area (Å²) >= 11 is 5.95. The molecule has 1 aromatic carbocycles. The number of rotatable bonds is 3. The van der Waals surface area contributed by atoms with Gasteiger partial charge < -0.3 is 20.3 Å². The number of benzene rings is 1. The summed E-state index contributed by atoms with van der Waals surface area (Å²) in [6.45, 7) is 1.66. The van der Waals surface area contributed by atoms with E-state index in [1.807, 2.05) is 0 Å². The molecule has 0 spiro atoms. The SMILES string of the molecule is CN(C)C(=O)c1ccc(Cl)cc1NC(=O)C1CNCCO1. The number of halogens is 1. The van der Waals surface area contributed by atoms with Crippen molar-refractivity contribution < 1.29 is 14.3 Å². The molecule has 2 N–H and O–H groups in total. The Morgan fingerprint density at radius 1 is 1.43 bits per heavy atom. The fourth-order valence-corrected chi connectivity index (χ4v) is 2.17. The number of carbonyl (C=O) groups is 2. The lowest BCUT2D eigenvalue weighted by molar-refractivity contribution is -0.128. The molecule has 1 aliphatic heterocycles. The van der Waals surface area contributed by atoms with Gasteiger partial charge >= 0.3 is 0 Å². The number of ether oxygens (including phenoxy) is 1. The molecule has 21 heavy (non-hydrogen) atoms. The summed E-state index contributed by atoms with van der Waals surface area (Å²) in [6.07, 6.45) is -0.569. The number of carbonyl (C=O) groups excluding carboxylic acids is 2. The molecule has 1 fully saturated rings. The monoisotopic (exact) mass is 311 g/mol. The number of nitrogens with one attached hydrogen (secondary N) is 2. The second kappa shape index (κ2) is 6.89. The second-order valence-electron chi connectivity index (χ2n) is 4.94. The van der Waals surface area contributed by atoms with Gasteiger partial charge in [0.2, 0.25) is 0 Å². The zero-order valence-corrected chi connectivity index (χ0v) is 12.7. The first kappa shape index (κ1) is 15.8. The minimum Gasteiger partial charge on any atom is -0.366 e. The minimum absolute atomic E-state index is 0.204. The lowest BCUT2D eigenvalue weighted by Gasteiger charge is -2.23. The zero-order valence-electron chi connectivity index (χ0n) is 12.0. The predicted molar refractivity (Wildman–Crippen MR) is 80.7 cm³/mol. The predicted octanol–water partition coefficient (Wildman–Crippen LogP) is 0.969. The first-order chi connectivity index (χ1) is 9.99. The molecule has 2 amide bonds. The maximum atomic E-state index is 12.2. The third kappa shape index (κ3) is 3.93. The summed E-state index contributed by atoms with van der Waals surface area (Å²) in [7, 11) is 3.30. The number of anilines is 1. The highest BCUT2D eigenvalue weighted by atomic mass is 35.5. The summed E-state index contributed by atoms with van der Waals surface area (Å²) in [4.78, 5) is 25.7. The molecule has 1 aliphatic rings. The van der Waals surface area contributed by atoms with Crippen molar-refractivity contribution in [3.05, 3.63) is 28.8 Å². The van der Waals surface area contributed by atoms with E-state index in [1.54, 1.807) is 32.3 Å². The Labute approximate surface area is 128 Å². The van der Waals surface area contributed by atoms with Gasteiger partial charge in [0.1, 0.15) is 6.10 Å². The molecule has 6 nitrogen and oxygen atoms in total. The van der Waals surface area contributed by atoms with Crippen LogP contribution in [0.5, 0.6) is 0 Å². The molecular formula is C14H18ClN3O3. The van der Waals surface area contributed by atoms with Gasteiger partial charge in [0, 0.05) is 32.2 Å². The maximum Gasteiger partial charge on any atom is 0.255 e. The molecular weight excluding hydrogens is 294 g/mol. The molecule has 1 aromatic rings. The van der Waals surface area contributed by atoms with Gasteiger partial charge in [-0.2, -0.15) is 0 Å². The van der Waals surface area contributed by atoms with Gasteiger partial charge in [-0.25, -0.2) is 0 Å². The molecule has 1 saturated heterocycles. The quantitative estimate of drug-likeness (QED) is 0.872. The Balaban J connectivity index is 2.19. The molecule has 2 rings (SSSR count). The fourth-order valence-electron chi connectivity index (χ4n) is 1.99. The molecule has 0 aliphatic carbocycles. The molecule has 0 aromatic heterocycles. The highest BCUT2D eigenvalue weighted by Gasteiger charge is 2.23. The molecule has 1 atom stereocenters. The fraction of sp³-hybridized carbons (Fsp3) is 0.429. The first-order valence-electron chi connectivity index (χ1n) is 6.63. The third-order valence-electron chi connectivity index (χ3n) is 3.10. The van der Waals surface area contributed by atoms with Crippen LogP contribution in [0, 0.1) is 0 Å². The van der Waals surface area contributed by atoms with Crippen molar-refractivity contribution in [1.29, 1.82) is 0 Å². The first-order valence-corrected chi connectivity index (χ1v) is 7.01. The van der Waals surface area contributed by atoms with Gasteiger partial charge in [-0.3, -0.25) is 9.59 Å². The van der Waals surface area contributed by atoms with Gasteiger partial charge in [-0.1, -0.05) is 11.6 Å². The van der Waals surface area contributed by atoms with Crippen molar-refractivity contribution in [1.82, 2.24) is 10.2 Å². The van der Waals surface area contributed by atoms with E-state index in [9.17, 15) is 9.59 Å². The molecule has 1 heterocycles. The largest absolute Gasteiger partial charge is 0.366 e. The summed E-state index contributed by atoms with van der Waals surface area (Å²) in [5.74, 6) is -0.498. The van der Waals surface area contributed by atoms with Crippen molar-refractivity contribution in [3.63, 3.8) is 0 Å². The van der Waals surface area contributed by atoms with E-state index in [0.717, 1.165) is 6.54 Å². The normalized spacial score (nSPS) is 18.1. The van der Waals surface area contributed by atoms with E-state index in [1.165, 1.54) is 4.90 Å². The number of nitrogens with zero attached hydrogens (tertiary/aromatic N) is 1. The van der Waals surface area contributed by atoms with E-state index in [4.69, 9.17) is 16.3 Å². The molecule has 1 unspecified atom stereocenters. The highest BCUT2D eigenvalue weighted by molar-refractivity contribution is 6.31. The summed E-state index contributed by atoms with van der Waals surface area (Å²) < 4.78 is 5.39. The Kier molecular flexibility index (Phi) is 5.17. The number of hydrogen-bond acceptors (Lipinski definition) is 4. The van der Waals surface area contributed by atoms with Crippen molar-refractivity contribution in [2.45, 2.75) is 6.10 Å². The van der Waals surface area contributed by atoms with Crippen LogP contribution in [0.4, 0.5) is 5.69 Å². The zero-order chi connectivity index (χ0) is 15.4. The minimum atomic E-state index is -0.569. The lowest BCUT2D eigenvalue weighted by atomic mass is 10.1. The smallest absolute Gasteiger partial charge is 0.255 e. The molecule has 114 valence electrons. The van der Waals surface area contributed by atoms with Crippen molar-refractivity contribution in [2.75, 3.05) is 39.1 Å². The van der Waals surface area contributed by atoms with Gasteiger partial charge in [0.25, 0.3) is 11.8 Å². The highest BCUT2D eigenvalue weighted by Crippen LogP contribution is 2.22. The van der Waals surface area contributed by atoms with Crippen molar-refractivity contribution in [2.24, 2.45) is 0 Å². The van der Waals surface area contributed by atoms with Crippen LogP contribution in [0.2, 0.25) is 5.02 Å². The van der Waals surface area contributed by atoms with Gasteiger partial charge in [0.15, 0.2) is 0 Å². The molecule has 0 bridgehead atoms. The standard InChI is InChI=1S/C14H18ClN3O3/c1-18(2)14(20)10-4-3-9(15)7-11(10)17-13(19)12-8-16-5-6-21-12/h3-4,7,12,16H,5-6,8H2,1-2H3,(H,17,19). The van der Waals surface area contributed by atoms with Crippen LogP contribution < -0.4 is 10.6 Å². The molecule has 7 heteroatoms. The van der Waals surface area contributed by atoms with E-state index < -0.39 is 6.10 Å². The van der Waals surface area contributed by atoms with Crippen molar-refractivity contribution >= 4 is 29.1 Å². The third-order valence-corrected chi connectivity index (χ3v) is 3.33. The topological polar surface area (TPSA) is 70.7 Å². The van der Waals surface area contributed by atoms with E-state index in [0.29, 0.717) is 29.4 Å². The van der Waals surface area contributed by atoms with E-state index >= 15 is 0 Å². The van der Waals surface area contributed by atoms with Crippen LogP contribution in [-0.4, -0.2) is 56.6 Å². The van der Waals surface area contributed by atoms with Crippen LogP contribution in [0.3, 0.4) is 0 Å². The van der Waals surface area contributed by atoms with E-state index in [2.05, 4.69) is 10.6 Å². The second-order valence-corrected chi connectivity index (χ2v) is 5.38. The Morgan fingerprint density at radius 2 is 2.19 bits per heavy atom.